The van der Waals surface area contributed by atoms with Crippen LogP contribution in [0, 0.1) is 0 Å². The number of aromatic nitrogens is 2. The van der Waals surface area contributed by atoms with E-state index in [9.17, 15) is 18.0 Å². The SMILES string of the molecule is O=C(NCCc1ccccn1)c1csc(-c2ccccc2OCc2cccc(C(F)(F)F)c2)n1. The minimum atomic E-state index is -4.41. The van der Waals surface area contributed by atoms with Crippen LogP contribution in [0.1, 0.15) is 27.3 Å². The first-order valence-electron chi connectivity index (χ1n) is 10.4. The maximum absolute atomic E-state index is 13.0. The lowest BCUT2D eigenvalue weighted by atomic mass is 10.1. The number of benzene rings is 2. The summed E-state index contributed by atoms with van der Waals surface area (Å²) in [5.41, 5.74) is 1.51. The summed E-state index contributed by atoms with van der Waals surface area (Å²) >= 11 is 1.29. The average molecular weight is 484 g/mol. The van der Waals surface area contributed by atoms with Gasteiger partial charge in [0, 0.05) is 30.2 Å². The third-order valence-electron chi connectivity index (χ3n) is 4.90. The summed E-state index contributed by atoms with van der Waals surface area (Å²) < 4.78 is 44.7. The van der Waals surface area contributed by atoms with Crippen LogP contribution in [-0.4, -0.2) is 22.4 Å². The molecule has 0 atom stereocenters. The van der Waals surface area contributed by atoms with E-state index in [4.69, 9.17) is 4.74 Å². The molecule has 1 amide bonds. The highest BCUT2D eigenvalue weighted by atomic mass is 32.1. The molecule has 0 fully saturated rings. The van der Waals surface area contributed by atoms with Gasteiger partial charge in [0.1, 0.15) is 23.1 Å². The van der Waals surface area contributed by atoms with Gasteiger partial charge in [0.25, 0.3) is 5.91 Å². The molecule has 0 aliphatic carbocycles. The maximum Gasteiger partial charge on any atom is 0.416 e. The van der Waals surface area contributed by atoms with Gasteiger partial charge in [-0.1, -0.05) is 30.3 Å². The van der Waals surface area contributed by atoms with Gasteiger partial charge in [-0.2, -0.15) is 13.2 Å². The van der Waals surface area contributed by atoms with Crippen molar-refractivity contribution in [3.63, 3.8) is 0 Å². The number of para-hydroxylation sites is 1. The zero-order valence-corrected chi connectivity index (χ0v) is 18.7. The minimum Gasteiger partial charge on any atom is -0.488 e. The molecule has 0 unspecified atom stereocenters. The largest absolute Gasteiger partial charge is 0.488 e. The Labute approximate surface area is 198 Å². The predicted octanol–water partition coefficient (Wildman–Crippen LogP) is 5.78. The average Bonchev–Trinajstić information content (AvgIpc) is 3.34. The molecule has 2 aromatic carbocycles. The molecule has 4 aromatic rings. The summed E-state index contributed by atoms with van der Waals surface area (Å²) in [7, 11) is 0. The van der Waals surface area contributed by atoms with Gasteiger partial charge >= 0.3 is 6.18 Å². The van der Waals surface area contributed by atoms with Crippen LogP contribution in [0.2, 0.25) is 0 Å². The molecule has 0 bridgehead atoms. The Hall–Kier alpha value is -3.72. The normalized spacial score (nSPS) is 11.3. The van der Waals surface area contributed by atoms with Gasteiger partial charge in [-0.15, -0.1) is 11.3 Å². The van der Waals surface area contributed by atoms with Gasteiger partial charge in [0.15, 0.2) is 0 Å². The van der Waals surface area contributed by atoms with E-state index < -0.39 is 11.7 Å². The molecule has 174 valence electrons. The Balaban J connectivity index is 1.41. The van der Waals surface area contributed by atoms with Crippen LogP contribution >= 0.6 is 11.3 Å². The van der Waals surface area contributed by atoms with Crippen LogP contribution < -0.4 is 10.1 Å². The van der Waals surface area contributed by atoms with Gasteiger partial charge in [-0.3, -0.25) is 9.78 Å². The number of nitrogens with one attached hydrogen (secondary N) is 1. The third-order valence-corrected chi connectivity index (χ3v) is 5.77. The number of ether oxygens (including phenoxy) is 1. The zero-order valence-electron chi connectivity index (χ0n) is 17.9. The molecule has 5 nitrogen and oxygen atoms in total. The Morgan fingerprint density at radius 1 is 1.03 bits per heavy atom. The summed E-state index contributed by atoms with van der Waals surface area (Å²) in [6.45, 7) is 0.395. The summed E-state index contributed by atoms with van der Waals surface area (Å²) in [5.74, 6) is 0.178. The number of amides is 1. The zero-order chi connectivity index (χ0) is 24.0. The van der Waals surface area contributed by atoms with E-state index in [1.165, 1.54) is 17.4 Å². The van der Waals surface area contributed by atoms with E-state index in [0.717, 1.165) is 17.8 Å². The number of carbonyl (C=O) groups excluding carboxylic acids is 1. The maximum atomic E-state index is 13.0. The number of nitrogens with zero attached hydrogens (tertiary/aromatic N) is 2. The number of thiazole rings is 1. The predicted molar refractivity (Wildman–Crippen MR) is 124 cm³/mol. The third kappa shape index (κ3) is 5.99. The van der Waals surface area contributed by atoms with Gasteiger partial charge in [0.2, 0.25) is 0 Å². The molecule has 0 saturated heterocycles. The van der Waals surface area contributed by atoms with Gasteiger partial charge < -0.3 is 10.1 Å². The molecule has 0 radical (unpaired) electrons. The lowest BCUT2D eigenvalue weighted by Gasteiger charge is -2.12. The second-order valence-corrected chi connectivity index (χ2v) is 8.21. The van der Waals surface area contributed by atoms with Crippen molar-refractivity contribution in [3.8, 4) is 16.3 Å². The lowest BCUT2D eigenvalue weighted by Crippen LogP contribution is -2.26. The fraction of sp³-hybridized carbons (Fsp3) is 0.160. The van der Waals surface area contributed by atoms with Crippen LogP contribution in [0.25, 0.3) is 10.6 Å². The van der Waals surface area contributed by atoms with Crippen LogP contribution in [0.5, 0.6) is 5.75 Å². The summed E-state index contributed by atoms with van der Waals surface area (Å²) in [5, 5.41) is 5.07. The van der Waals surface area contributed by atoms with E-state index in [0.29, 0.717) is 34.8 Å². The molecule has 2 heterocycles. The van der Waals surface area contributed by atoms with Gasteiger partial charge in [-0.25, -0.2) is 4.98 Å². The monoisotopic (exact) mass is 483 g/mol. The molecule has 34 heavy (non-hydrogen) atoms. The quantitative estimate of drug-likeness (QED) is 0.345. The first kappa shape index (κ1) is 23.4. The summed E-state index contributed by atoms with van der Waals surface area (Å²) in [6.07, 6.45) is -2.10. The summed E-state index contributed by atoms with van der Waals surface area (Å²) in [4.78, 5) is 21.1. The molecule has 1 N–H and O–H groups in total. The Kier molecular flexibility index (Phi) is 7.22. The smallest absolute Gasteiger partial charge is 0.416 e. The van der Waals surface area contributed by atoms with Crippen molar-refractivity contribution in [2.45, 2.75) is 19.2 Å². The number of halogens is 3. The van der Waals surface area contributed by atoms with Crippen LogP contribution in [0.3, 0.4) is 0 Å². The van der Waals surface area contributed by atoms with Crippen molar-refractivity contribution in [2.24, 2.45) is 0 Å². The van der Waals surface area contributed by atoms with Crippen molar-refractivity contribution in [1.82, 2.24) is 15.3 Å². The molecular weight excluding hydrogens is 463 g/mol. The highest BCUT2D eigenvalue weighted by molar-refractivity contribution is 7.13. The molecule has 0 aliphatic heterocycles. The lowest BCUT2D eigenvalue weighted by molar-refractivity contribution is -0.137. The fourth-order valence-corrected chi connectivity index (χ4v) is 4.04. The highest BCUT2D eigenvalue weighted by Gasteiger charge is 2.30. The highest BCUT2D eigenvalue weighted by Crippen LogP contribution is 2.33. The van der Waals surface area contributed by atoms with Crippen LogP contribution in [0.4, 0.5) is 13.2 Å². The molecule has 4 rings (SSSR count). The van der Waals surface area contributed by atoms with Crippen molar-refractivity contribution >= 4 is 17.2 Å². The molecule has 0 aliphatic rings. The number of hydrogen-bond acceptors (Lipinski definition) is 5. The number of rotatable bonds is 8. The van der Waals surface area contributed by atoms with Crippen molar-refractivity contribution in [3.05, 3.63) is 101 Å². The fourth-order valence-electron chi connectivity index (χ4n) is 3.21. The Morgan fingerprint density at radius 3 is 2.65 bits per heavy atom. The standard InChI is InChI=1S/C25H20F3N3O2S/c26-25(27,28)18-7-5-6-17(14-18)15-33-22-10-2-1-9-20(22)24-31-21(16-34-24)23(32)30-13-11-19-8-3-4-12-29-19/h1-10,12,14,16H,11,13,15H2,(H,30,32). The summed E-state index contributed by atoms with van der Waals surface area (Å²) in [6, 6.07) is 17.7. The topological polar surface area (TPSA) is 64.1 Å². The van der Waals surface area contributed by atoms with E-state index in [2.05, 4.69) is 15.3 Å². The van der Waals surface area contributed by atoms with Gasteiger partial charge in [-0.05, 0) is 42.0 Å². The van der Waals surface area contributed by atoms with Crippen molar-refractivity contribution in [2.75, 3.05) is 6.54 Å². The number of carbonyl (C=O) groups is 1. The second-order valence-electron chi connectivity index (χ2n) is 7.35. The first-order valence-corrected chi connectivity index (χ1v) is 11.3. The Bertz CT molecular complexity index is 1260. The molecule has 9 heteroatoms. The molecule has 2 aromatic heterocycles. The number of hydrogen-bond donors (Lipinski definition) is 1. The first-order chi connectivity index (χ1) is 16.4. The minimum absolute atomic E-state index is 0.0346. The second kappa shape index (κ2) is 10.5. The molecule has 0 spiro atoms. The number of pyridine rings is 1. The number of alkyl halides is 3. The van der Waals surface area contributed by atoms with Crippen LogP contribution in [0.15, 0.2) is 78.3 Å². The van der Waals surface area contributed by atoms with Crippen molar-refractivity contribution < 1.29 is 22.7 Å². The van der Waals surface area contributed by atoms with E-state index >= 15 is 0 Å². The molecular formula is C25H20F3N3O2S. The van der Waals surface area contributed by atoms with Gasteiger partial charge in [0.05, 0.1) is 11.1 Å². The van der Waals surface area contributed by atoms with E-state index in [-0.39, 0.29) is 18.2 Å². The Morgan fingerprint density at radius 2 is 1.85 bits per heavy atom. The van der Waals surface area contributed by atoms with Crippen molar-refractivity contribution in [1.29, 1.82) is 0 Å². The molecule has 0 saturated carbocycles. The van der Waals surface area contributed by atoms with Crippen LogP contribution in [-0.2, 0) is 19.2 Å². The van der Waals surface area contributed by atoms with E-state index in [1.54, 1.807) is 41.9 Å². The van der Waals surface area contributed by atoms with E-state index in [1.807, 2.05) is 18.2 Å².